The van der Waals surface area contributed by atoms with Crippen molar-refractivity contribution in [1.82, 2.24) is 0 Å². The van der Waals surface area contributed by atoms with Crippen molar-refractivity contribution in [2.75, 3.05) is 7.11 Å². The van der Waals surface area contributed by atoms with E-state index in [1.54, 1.807) is 18.2 Å². The third-order valence-electron chi connectivity index (χ3n) is 10.3. The van der Waals surface area contributed by atoms with E-state index < -0.39 is 11.6 Å². The molecule has 0 saturated heterocycles. The first-order valence-electron chi connectivity index (χ1n) is 16.4. The smallest absolute Gasteiger partial charge is 0.201 e. The van der Waals surface area contributed by atoms with Crippen LogP contribution in [0.4, 0.5) is 13.2 Å². The lowest BCUT2D eigenvalue weighted by atomic mass is 9.68. The van der Waals surface area contributed by atoms with Gasteiger partial charge in [0.25, 0.3) is 0 Å². The summed E-state index contributed by atoms with van der Waals surface area (Å²) in [5, 5.41) is 0. The maximum Gasteiger partial charge on any atom is 0.201 e. The SMILES string of the molecule is CCCCCCCC1CCC(C2CCC(c3ccc(-c4ccc(-c5ccc(OC)c(F)c5F)cc4)cc3F)CC2)CC1. The average molecular weight is 577 g/mol. The highest BCUT2D eigenvalue weighted by Gasteiger charge is 2.32. The number of ether oxygens (including phenoxy) is 1. The molecule has 0 amide bonds. The third kappa shape index (κ3) is 7.24. The zero-order valence-corrected chi connectivity index (χ0v) is 25.4. The predicted octanol–water partition coefficient (Wildman–Crippen LogP) is 11.9. The maximum absolute atomic E-state index is 15.4. The highest BCUT2D eigenvalue weighted by atomic mass is 19.2. The molecular formula is C38H47F3O. The molecule has 42 heavy (non-hydrogen) atoms. The number of hydrogen-bond acceptors (Lipinski definition) is 1. The summed E-state index contributed by atoms with van der Waals surface area (Å²) >= 11 is 0. The summed E-state index contributed by atoms with van der Waals surface area (Å²) in [6.07, 6.45) is 18.6. The lowest BCUT2D eigenvalue weighted by Crippen LogP contribution is -2.25. The zero-order valence-electron chi connectivity index (χ0n) is 25.4. The summed E-state index contributed by atoms with van der Waals surface area (Å²) in [4.78, 5) is 0. The van der Waals surface area contributed by atoms with Gasteiger partial charge in [-0.3, -0.25) is 0 Å². The molecular weight excluding hydrogens is 529 g/mol. The zero-order chi connectivity index (χ0) is 29.5. The molecule has 226 valence electrons. The van der Waals surface area contributed by atoms with Crippen LogP contribution in [0.25, 0.3) is 22.3 Å². The van der Waals surface area contributed by atoms with Crippen LogP contribution in [0.5, 0.6) is 5.75 Å². The van der Waals surface area contributed by atoms with Crippen molar-refractivity contribution >= 4 is 0 Å². The number of benzene rings is 3. The van der Waals surface area contributed by atoms with Crippen molar-refractivity contribution in [3.05, 3.63) is 77.6 Å². The molecule has 5 rings (SSSR count). The van der Waals surface area contributed by atoms with Gasteiger partial charge in [0.15, 0.2) is 11.6 Å². The molecule has 0 atom stereocenters. The Balaban J connectivity index is 1.13. The van der Waals surface area contributed by atoms with E-state index in [1.165, 1.54) is 96.3 Å². The highest BCUT2D eigenvalue weighted by Crippen LogP contribution is 2.45. The molecule has 0 aliphatic heterocycles. The quantitative estimate of drug-likeness (QED) is 0.206. The van der Waals surface area contributed by atoms with Crippen molar-refractivity contribution in [2.45, 2.75) is 103 Å². The number of methoxy groups -OCH3 is 1. The minimum atomic E-state index is -0.998. The molecule has 2 aliphatic rings. The second-order valence-corrected chi connectivity index (χ2v) is 12.9. The second kappa shape index (κ2) is 14.6. The molecule has 0 aromatic heterocycles. The molecule has 0 heterocycles. The summed E-state index contributed by atoms with van der Waals surface area (Å²) < 4.78 is 49.0. The van der Waals surface area contributed by atoms with E-state index >= 15 is 4.39 Å². The van der Waals surface area contributed by atoms with E-state index in [0.717, 1.165) is 47.3 Å². The Hall–Kier alpha value is -2.75. The van der Waals surface area contributed by atoms with Crippen LogP contribution in [0.3, 0.4) is 0 Å². The van der Waals surface area contributed by atoms with E-state index in [9.17, 15) is 8.78 Å². The fourth-order valence-electron chi connectivity index (χ4n) is 7.68. The minimum Gasteiger partial charge on any atom is -0.494 e. The summed E-state index contributed by atoms with van der Waals surface area (Å²) in [5.41, 5.74) is 3.21. The Morgan fingerprint density at radius 1 is 0.643 bits per heavy atom. The average Bonchev–Trinajstić information content (AvgIpc) is 3.03. The molecule has 0 N–H and O–H groups in total. The summed E-state index contributed by atoms with van der Waals surface area (Å²) in [7, 11) is 1.31. The van der Waals surface area contributed by atoms with Gasteiger partial charge in [-0.15, -0.1) is 0 Å². The van der Waals surface area contributed by atoms with Gasteiger partial charge in [0.05, 0.1) is 7.11 Å². The lowest BCUT2D eigenvalue weighted by molar-refractivity contribution is 0.155. The molecule has 0 bridgehead atoms. The van der Waals surface area contributed by atoms with Crippen LogP contribution >= 0.6 is 0 Å². The Morgan fingerprint density at radius 2 is 1.26 bits per heavy atom. The van der Waals surface area contributed by atoms with Gasteiger partial charge in [-0.1, -0.05) is 94.7 Å². The van der Waals surface area contributed by atoms with Crippen LogP contribution in [-0.4, -0.2) is 7.11 Å². The molecule has 2 fully saturated rings. The van der Waals surface area contributed by atoms with Gasteiger partial charge in [-0.05, 0) is 103 Å². The number of hydrogen-bond donors (Lipinski definition) is 0. The molecule has 2 saturated carbocycles. The first-order valence-corrected chi connectivity index (χ1v) is 16.4. The Bertz CT molecular complexity index is 1280. The highest BCUT2D eigenvalue weighted by molar-refractivity contribution is 5.71. The molecule has 3 aromatic rings. The Labute approximate surface area is 250 Å². The van der Waals surface area contributed by atoms with Gasteiger partial charge in [0, 0.05) is 5.56 Å². The van der Waals surface area contributed by atoms with Crippen molar-refractivity contribution in [3.63, 3.8) is 0 Å². The second-order valence-electron chi connectivity index (χ2n) is 12.9. The first kappa shape index (κ1) is 30.7. The largest absolute Gasteiger partial charge is 0.494 e. The van der Waals surface area contributed by atoms with Gasteiger partial charge in [0.2, 0.25) is 5.82 Å². The topological polar surface area (TPSA) is 9.23 Å². The minimum absolute atomic E-state index is 0.122. The summed E-state index contributed by atoms with van der Waals surface area (Å²) in [6.45, 7) is 2.28. The van der Waals surface area contributed by atoms with Crippen LogP contribution in [0.1, 0.15) is 108 Å². The van der Waals surface area contributed by atoms with Crippen molar-refractivity contribution in [3.8, 4) is 28.0 Å². The van der Waals surface area contributed by atoms with E-state index in [4.69, 9.17) is 4.74 Å². The standard InChI is InChI=1S/C38H47F3O/c1-3-4-5-6-7-8-26-9-11-27(12-10-26)28-13-17-30(18-14-28)33-22-21-32(25-35(33)39)29-15-19-31(20-16-29)34-23-24-36(42-2)38(41)37(34)40/h15-16,19-28,30H,3-14,17-18H2,1-2H3. The first-order chi connectivity index (χ1) is 20.5. The monoisotopic (exact) mass is 576 g/mol. The normalized spacial score (nSPS) is 22.7. The van der Waals surface area contributed by atoms with Crippen LogP contribution in [0, 0.1) is 35.2 Å². The van der Waals surface area contributed by atoms with Crippen LogP contribution in [0.2, 0.25) is 0 Å². The molecule has 0 radical (unpaired) electrons. The molecule has 3 aromatic carbocycles. The predicted molar refractivity (Wildman–Crippen MR) is 167 cm³/mol. The fraction of sp³-hybridized carbons (Fsp3) is 0.526. The van der Waals surface area contributed by atoms with Crippen LogP contribution in [-0.2, 0) is 0 Å². The van der Waals surface area contributed by atoms with Crippen molar-refractivity contribution < 1.29 is 17.9 Å². The number of unbranched alkanes of at least 4 members (excludes halogenated alkanes) is 4. The Morgan fingerprint density at radius 3 is 1.90 bits per heavy atom. The van der Waals surface area contributed by atoms with Gasteiger partial charge in [0.1, 0.15) is 5.82 Å². The number of rotatable bonds is 11. The van der Waals surface area contributed by atoms with Crippen molar-refractivity contribution in [1.29, 1.82) is 0 Å². The Kier molecular flexibility index (Phi) is 10.7. The van der Waals surface area contributed by atoms with Gasteiger partial charge in [-0.25, -0.2) is 8.78 Å². The van der Waals surface area contributed by atoms with Gasteiger partial charge in [-0.2, -0.15) is 4.39 Å². The number of halogens is 3. The lowest BCUT2D eigenvalue weighted by Gasteiger charge is -2.38. The maximum atomic E-state index is 15.4. The van der Waals surface area contributed by atoms with Crippen molar-refractivity contribution in [2.24, 2.45) is 17.8 Å². The molecule has 4 heteroatoms. The summed E-state index contributed by atoms with van der Waals surface area (Å²) in [5.74, 6) is 0.747. The van der Waals surface area contributed by atoms with Crippen LogP contribution < -0.4 is 4.74 Å². The molecule has 0 unspecified atom stereocenters. The van der Waals surface area contributed by atoms with E-state index in [2.05, 4.69) is 6.92 Å². The van der Waals surface area contributed by atoms with Gasteiger partial charge < -0.3 is 4.74 Å². The molecule has 2 aliphatic carbocycles. The molecule has 0 spiro atoms. The fourth-order valence-corrected chi connectivity index (χ4v) is 7.68. The van der Waals surface area contributed by atoms with E-state index in [0.29, 0.717) is 11.5 Å². The van der Waals surface area contributed by atoms with E-state index in [1.807, 2.05) is 24.3 Å². The molecule has 1 nitrogen and oxygen atoms in total. The van der Waals surface area contributed by atoms with Gasteiger partial charge >= 0.3 is 0 Å². The third-order valence-corrected chi connectivity index (χ3v) is 10.3. The van der Waals surface area contributed by atoms with Crippen LogP contribution in [0.15, 0.2) is 54.6 Å². The summed E-state index contributed by atoms with van der Waals surface area (Å²) in [6, 6.07) is 15.7. The van der Waals surface area contributed by atoms with E-state index in [-0.39, 0.29) is 17.1 Å².